The molecule has 3 atom stereocenters. The van der Waals surface area contributed by atoms with Gasteiger partial charge in [0.2, 0.25) is 5.96 Å². The number of hydrogen-bond acceptors (Lipinski definition) is 8. The van der Waals surface area contributed by atoms with Crippen molar-refractivity contribution in [2.75, 3.05) is 31.6 Å². The van der Waals surface area contributed by atoms with Crippen LogP contribution < -0.4 is 16.2 Å². The van der Waals surface area contributed by atoms with Crippen LogP contribution >= 0.6 is 0 Å². The lowest BCUT2D eigenvalue weighted by atomic mass is 10.0. The van der Waals surface area contributed by atoms with Gasteiger partial charge in [-0.05, 0) is 43.7 Å². The second-order valence-corrected chi connectivity index (χ2v) is 9.58. The lowest BCUT2D eigenvalue weighted by molar-refractivity contribution is 0.0169. The van der Waals surface area contributed by atoms with E-state index in [0.29, 0.717) is 61.5 Å². The van der Waals surface area contributed by atoms with Gasteiger partial charge in [0.05, 0.1) is 42.9 Å². The molecule has 2 aliphatic heterocycles. The normalized spacial score (nSPS) is 24.4. The van der Waals surface area contributed by atoms with Gasteiger partial charge in [-0.1, -0.05) is 6.07 Å². The van der Waals surface area contributed by atoms with Crippen LogP contribution in [0.4, 0.5) is 24.5 Å². The highest BCUT2D eigenvalue weighted by molar-refractivity contribution is 6.05. The number of alkyl halides is 3. The first-order valence-corrected chi connectivity index (χ1v) is 12.1. The Morgan fingerprint density at radius 3 is 2.61 bits per heavy atom. The molecule has 3 N–H and O–H groups in total. The van der Waals surface area contributed by atoms with Gasteiger partial charge in [-0.3, -0.25) is 10.4 Å². The molecule has 1 aromatic carbocycles. The molecule has 11 heteroatoms. The first-order valence-electron chi connectivity index (χ1n) is 12.1. The van der Waals surface area contributed by atoms with Crippen molar-refractivity contribution in [3.63, 3.8) is 0 Å². The Labute approximate surface area is 208 Å². The van der Waals surface area contributed by atoms with E-state index in [2.05, 4.69) is 31.1 Å². The summed E-state index contributed by atoms with van der Waals surface area (Å²) in [6, 6.07) is 7.94. The summed E-state index contributed by atoms with van der Waals surface area (Å²) in [5.41, 5.74) is 7.18. The smallest absolute Gasteiger partial charge is 0.270 e. The van der Waals surface area contributed by atoms with Gasteiger partial charge in [-0.15, -0.1) is 0 Å². The summed E-state index contributed by atoms with van der Waals surface area (Å²) in [4.78, 5) is 15.2. The number of aryl methyl sites for hydroxylation is 1. The van der Waals surface area contributed by atoms with Crippen LogP contribution in [-0.4, -0.2) is 59.7 Å². The highest BCUT2D eigenvalue weighted by atomic mass is 19.3. The predicted molar refractivity (Wildman–Crippen MR) is 132 cm³/mol. The van der Waals surface area contributed by atoms with Crippen LogP contribution in [0, 0.1) is 6.92 Å². The lowest BCUT2D eigenvalue weighted by Gasteiger charge is -2.32. The summed E-state index contributed by atoms with van der Waals surface area (Å²) >= 11 is 0. The maximum atomic E-state index is 15.1. The number of hydrazine groups is 1. The molecular formula is C25H30F3N7O. The molecule has 0 bridgehead atoms. The van der Waals surface area contributed by atoms with Crippen molar-refractivity contribution in [3.8, 4) is 0 Å². The van der Waals surface area contributed by atoms with Crippen molar-refractivity contribution >= 4 is 23.2 Å². The fourth-order valence-electron chi connectivity index (χ4n) is 4.47. The first kappa shape index (κ1) is 24.5. The molecule has 192 valence electrons. The van der Waals surface area contributed by atoms with E-state index in [1.165, 1.54) is 6.07 Å². The van der Waals surface area contributed by atoms with Crippen molar-refractivity contribution in [1.29, 1.82) is 0 Å². The number of guanidine groups is 1. The number of halogens is 3. The van der Waals surface area contributed by atoms with Gasteiger partial charge < -0.3 is 15.0 Å². The molecule has 0 amide bonds. The average Bonchev–Trinajstić information content (AvgIpc) is 3.54. The molecular weight excluding hydrogens is 471 g/mol. The van der Waals surface area contributed by atoms with Crippen LogP contribution in [0.1, 0.15) is 43.1 Å². The summed E-state index contributed by atoms with van der Waals surface area (Å²) in [6.07, 6.45) is 1.99. The number of nitrogens with zero attached hydrogens (tertiary/aromatic N) is 4. The average molecular weight is 502 g/mol. The van der Waals surface area contributed by atoms with Crippen LogP contribution in [0.25, 0.3) is 0 Å². The number of benzene rings is 1. The van der Waals surface area contributed by atoms with E-state index in [-0.39, 0.29) is 11.6 Å². The van der Waals surface area contributed by atoms with Crippen LogP contribution in [0.2, 0.25) is 0 Å². The van der Waals surface area contributed by atoms with Crippen LogP contribution in [0.3, 0.4) is 0 Å². The molecule has 1 saturated heterocycles. The molecule has 0 spiro atoms. The number of nitrogens with one attached hydrogen (secondary N) is 3. The minimum absolute atomic E-state index is 0.0118. The maximum absolute atomic E-state index is 15.1. The van der Waals surface area contributed by atoms with Crippen molar-refractivity contribution < 1.29 is 17.9 Å². The molecule has 1 saturated carbocycles. The van der Waals surface area contributed by atoms with E-state index in [0.717, 1.165) is 12.6 Å². The number of rotatable bonds is 6. The molecule has 2 fully saturated rings. The minimum Gasteiger partial charge on any atom is -0.378 e. The molecule has 1 aliphatic carbocycles. The summed E-state index contributed by atoms with van der Waals surface area (Å²) in [5.74, 6) is -2.14. The number of fused-ring (bicyclic) bond motifs is 1. The van der Waals surface area contributed by atoms with Crippen LogP contribution in [-0.2, 0) is 10.7 Å². The van der Waals surface area contributed by atoms with Crippen molar-refractivity contribution in [1.82, 2.24) is 20.7 Å². The Morgan fingerprint density at radius 1 is 1.17 bits per heavy atom. The number of pyridine rings is 1. The number of aromatic nitrogens is 1. The Morgan fingerprint density at radius 2 is 1.92 bits per heavy atom. The van der Waals surface area contributed by atoms with Crippen LogP contribution in [0.5, 0.6) is 0 Å². The van der Waals surface area contributed by atoms with Gasteiger partial charge in [-0.25, -0.2) is 23.6 Å². The highest BCUT2D eigenvalue weighted by Gasteiger charge is 2.63. The Balaban J connectivity index is 1.20. The van der Waals surface area contributed by atoms with E-state index < -0.39 is 17.6 Å². The number of hydrogen-bond donors (Lipinski definition) is 3. The SMILES string of the molecule is Cc1ccc(Nc2ccc(C(C)NNC3=NC4CC4(F)C(N4CCOCC4)=N3)nc2)cc1C(C)(F)F. The van der Waals surface area contributed by atoms with Crippen molar-refractivity contribution in [3.05, 3.63) is 53.3 Å². The monoisotopic (exact) mass is 501 g/mol. The van der Waals surface area contributed by atoms with Gasteiger partial charge in [0.15, 0.2) is 5.67 Å². The maximum Gasteiger partial charge on any atom is 0.270 e. The fourth-order valence-corrected chi connectivity index (χ4v) is 4.47. The molecule has 3 aliphatic rings. The van der Waals surface area contributed by atoms with E-state index in [1.807, 2.05) is 24.0 Å². The summed E-state index contributed by atoms with van der Waals surface area (Å²) in [5, 5.41) is 3.12. The van der Waals surface area contributed by atoms with Gasteiger partial charge in [0.1, 0.15) is 5.84 Å². The molecule has 2 aromatic rings. The van der Waals surface area contributed by atoms with Gasteiger partial charge in [-0.2, -0.15) is 4.99 Å². The van der Waals surface area contributed by atoms with E-state index in [1.54, 1.807) is 25.3 Å². The quantitative estimate of drug-likeness (QED) is 0.520. The third kappa shape index (κ3) is 5.03. The standard InChI is InChI=1S/C25H30F3N7O/c1-15-4-5-17(12-19(15)24(3,26)27)30-18-6-7-20(29-14-18)16(2)33-34-23-31-21-13-25(21,28)22(32-23)35-8-10-36-11-9-35/h4-7,12,14,16,21,30,33H,8-11,13H2,1-3H3,(H,31,34). The number of morpholine rings is 1. The molecule has 5 rings (SSSR count). The number of amidine groups is 1. The van der Waals surface area contributed by atoms with Gasteiger partial charge in [0, 0.05) is 37.7 Å². The Hall–Kier alpha value is -3.18. The second-order valence-electron chi connectivity index (χ2n) is 9.58. The first-order chi connectivity index (χ1) is 17.1. The van der Waals surface area contributed by atoms with Crippen molar-refractivity contribution in [2.45, 2.75) is 50.9 Å². The zero-order valence-corrected chi connectivity index (χ0v) is 20.5. The second kappa shape index (κ2) is 9.36. The number of anilines is 2. The molecule has 3 heterocycles. The molecule has 8 nitrogen and oxygen atoms in total. The molecule has 0 radical (unpaired) electrons. The summed E-state index contributed by atoms with van der Waals surface area (Å²) in [6.45, 7) is 6.83. The fraction of sp³-hybridized carbons (Fsp3) is 0.480. The number of ether oxygens (including phenoxy) is 1. The van der Waals surface area contributed by atoms with E-state index in [4.69, 9.17) is 4.74 Å². The Kier molecular flexibility index (Phi) is 6.37. The summed E-state index contributed by atoms with van der Waals surface area (Å²) < 4.78 is 48.2. The third-order valence-corrected chi connectivity index (χ3v) is 6.66. The van der Waals surface area contributed by atoms with E-state index >= 15 is 4.39 Å². The minimum atomic E-state index is -2.92. The molecule has 36 heavy (non-hydrogen) atoms. The Bertz CT molecular complexity index is 1180. The zero-order valence-electron chi connectivity index (χ0n) is 20.5. The molecule has 3 unspecified atom stereocenters. The van der Waals surface area contributed by atoms with Gasteiger partial charge >= 0.3 is 0 Å². The molecule has 1 aromatic heterocycles. The lowest BCUT2D eigenvalue weighted by Crippen LogP contribution is -2.50. The van der Waals surface area contributed by atoms with Gasteiger partial charge in [0.25, 0.3) is 5.92 Å². The third-order valence-electron chi connectivity index (χ3n) is 6.66. The van der Waals surface area contributed by atoms with E-state index in [9.17, 15) is 8.78 Å². The summed E-state index contributed by atoms with van der Waals surface area (Å²) in [7, 11) is 0. The topological polar surface area (TPSA) is 86.2 Å². The predicted octanol–water partition coefficient (Wildman–Crippen LogP) is 3.98. The highest BCUT2D eigenvalue weighted by Crippen LogP contribution is 2.47. The zero-order chi connectivity index (χ0) is 25.5. The van der Waals surface area contributed by atoms with Crippen LogP contribution in [0.15, 0.2) is 46.5 Å². The largest absolute Gasteiger partial charge is 0.378 e. The number of aliphatic imine (C=N–C) groups is 2. The van der Waals surface area contributed by atoms with Crippen molar-refractivity contribution in [2.24, 2.45) is 9.98 Å².